The van der Waals surface area contributed by atoms with Gasteiger partial charge in [-0.1, -0.05) is 35.9 Å². The number of rotatable bonds is 5. The summed E-state index contributed by atoms with van der Waals surface area (Å²) in [6, 6.07) is 17.6. The number of benzene rings is 3. The Kier molecular flexibility index (Phi) is 6.02. The number of aryl methyl sites for hydroxylation is 1. The lowest BCUT2D eigenvalue weighted by atomic mass is 10.1. The van der Waals surface area contributed by atoms with Gasteiger partial charge in [-0.25, -0.2) is 9.18 Å². The monoisotopic (exact) mass is 394 g/mol. The van der Waals surface area contributed by atoms with Crippen LogP contribution in [0.25, 0.3) is 6.08 Å². The summed E-state index contributed by atoms with van der Waals surface area (Å²) in [4.78, 5) is 24.5. The van der Waals surface area contributed by atoms with Gasteiger partial charge in [0.2, 0.25) is 0 Å². The van der Waals surface area contributed by atoms with Crippen LogP contribution >= 0.6 is 11.6 Å². The van der Waals surface area contributed by atoms with Gasteiger partial charge in [0.25, 0.3) is 0 Å². The molecule has 0 heterocycles. The molecule has 28 heavy (non-hydrogen) atoms. The lowest BCUT2D eigenvalue weighted by Crippen LogP contribution is -2.10. The first-order valence-corrected chi connectivity index (χ1v) is 8.88. The van der Waals surface area contributed by atoms with Gasteiger partial charge < -0.3 is 4.74 Å². The van der Waals surface area contributed by atoms with Crippen molar-refractivity contribution < 1.29 is 18.7 Å². The van der Waals surface area contributed by atoms with Crippen molar-refractivity contribution in [2.45, 2.75) is 6.92 Å². The highest BCUT2D eigenvalue weighted by atomic mass is 35.5. The summed E-state index contributed by atoms with van der Waals surface area (Å²) in [5, 5.41) is 0.225. The molecule has 0 radical (unpaired) electrons. The summed E-state index contributed by atoms with van der Waals surface area (Å²) >= 11 is 5.94. The molecule has 0 amide bonds. The molecule has 0 saturated heterocycles. The highest BCUT2D eigenvalue weighted by molar-refractivity contribution is 6.32. The lowest BCUT2D eigenvalue weighted by molar-refractivity contribution is 0.0734. The van der Waals surface area contributed by atoms with Gasteiger partial charge in [-0.15, -0.1) is 0 Å². The Morgan fingerprint density at radius 3 is 2.36 bits per heavy atom. The van der Waals surface area contributed by atoms with Crippen molar-refractivity contribution in [3.8, 4) is 5.75 Å². The van der Waals surface area contributed by atoms with Crippen molar-refractivity contribution in [1.29, 1.82) is 0 Å². The average Bonchev–Trinajstić information content (AvgIpc) is 2.68. The van der Waals surface area contributed by atoms with E-state index in [1.165, 1.54) is 48.6 Å². The predicted octanol–water partition coefficient (Wildman–Crippen LogP) is 5.90. The number of esters is 1. The number of ether oxygens (including phenoxy) is 1. The van der Waals surface area contributed by atoms with E-state index in [9.17, 15) is 14.0 Å². The average molecular weight is 395 g/mol. The van der Waals surface area contributed by atoms with Gasteiger partial charge in [0.1, 0.15) is 11.6 Å². The molecule has 0 aromatic heterocycles. The van der Waals surface area contributed by atoms with Crippen LogP contribution in [0.1, 0.15) is 31.8 Å². The third kappa shape index (κ3) is 4.53. The summed E-state index contributed by atoms with van der Waals surface area (Å²) < 4.78 is 19.1. The normalized spacial score (nSPS) is 10.8. The smallest absolute Gasteiger partial charge is 0.343 e. The van der Waals surface area contributed by atoms with Crippen LogP contribution in [-0.4, -0.2) is 11.8 Å². The minimum absolute atomic E-state index is 0.154. The number of carbonyl (C=O) groups is 2. The topological polar surface area (TPSA) is 43.4 Å². The molecular formula is C23H16ClFO3. The number of allylic oxidation sites excluding steroid dienone is 1. The third-order valence-corrected chi connectivity index (χ3v) is 4.45. The van der Waals surface area contributed by atoms with Crippen LogP contribution in [0.3, 0.4) is 0 Å². The molecule has 0 unspecified atom stereocenters. The Hall–Kier alpha value is -3.24. The van der Waals surface area contributed by atoms with E-state index in [-0.39, 0.29) is 16.4 Å². The first kappa shape index (κ1) is 19.5. The molecule has 3 nitrogen and oxygen atoms in total. The van der Waals surface area contributed by atoms with E-state index in [0.717, 1.165) is 5.56 Å². The van der Waals surface area contributed by atoms with Crippen LogP contribution in [0.4, 0.5) is 4.39 Å². The van der Waals surface area contributed by atoms with E-state index in [1.54, 1.807) is 18.2 Å². The summed E-state index contributed by atoms with van der Waals surface area (Å²) in [5.41, 5.74) is 1.82. The SMILES string of the molecule is Cc1ccccc1C(=O)Oc1ccc(C(=O)/C=C/c2c(F)cccc2Cl)cc1. The Bertz CT molecular complexity index is 1040. The standard InChI is InChI=1S/C23H16ClFO3/c1-15-5-2-3-6-18(15)23(27)28-17-11-9-16(10-12-17)22(26)14-13-19-20(24)7-4-8-21(19)25/h2-14H,1H3/b14-13+. The molecule has 140 valence electrons. The number of halogens is 2. The Balaban J connectivity index is 1.70. The number of hydrogen-bond donors (Lipinski definition) is 0. The van der Waals surface area contributed by atoms with Gasteiger partial charge in [-0.3, -0.25) is 4.79 Å². The predicted molar refractivity (Wildman–Crippen MR) is 107 cm³/mol. The largest absolute Gasteiger partial charge is 0.423 e. The second-order valence-electron chi connectivity index (χ2n) is 6.06. The molecule has 3 rings (SSSR count). The molecule has 0 spiro atoms. The molecule has 3 aromatic carbocycles. The van der Waals surface area contributed by atoms with Crippen molar-refractivity contribution in [3.63, 3.8) is 0 Å². The van der Waals surface area contributed by atoms with Crippen LogP contribution in [-0.2, 0) is 0 Å². The molecule has 0 fully saturated rings. The van der Waals surface area contributed by atoms with Gasteiger partial charge >= 0.3 is 5.97 Å². The van der Waals surface area contributed by atoms with Gasteiger partial charge in [0.05, 0.1) is 10.6 Å². The molecular weight excluding hydrogens is 379 g/mol. The molecule has 0 saturated carbocycles. The van der Waals surface area contributed by atoms with E-state index in [0.29, 0.717) is 16.9 Å². The second-order valence-corrected chi connectivity index (χ2v) is 6.47. The Morgan fingerprint density at radius 1 is 0.964 bits per heavy atom. The number of carbonyl (C=O) groups excluding carboxylic acids is 2. The Morgan fingerprint density at radius 2 is 1.68 bits per heavy atom. The minimum Gasteiger partial charge on any atom is -0.423 e. The van der Waals surface area contributed by atoms with Gasteiger partial charge in [0.15, 0.2) is 5.78 Å². The molecule has 3 aromatic rings. The third-order valence-electron chi connectivity index (χ3n) is 4.12. The summed E-state index contributed by atoms with van der Waals surface area (Å²) in [5.74, 6) is -0.969. The van der Waals surface area contributed by atoms with Gasteiger partial charge in [-0.05, 0) is 67.1 Å². The zero-order valence-electron chi connectivity index (χ0n) is 15.0. The fourth-order valence-electron chi connectivity index (χ4n) is 2.58. The highest BCUT2D eigenvalue weighted by Crippen LogP contribution is 2.21. The van der Waals surface area contributed by atoms with Gasteiger partial charge in [-0.2, -0.15) is 0 Å². The lowest BCUT2D eigenvalue weighted by Gasteiger charge is -2.07. The first-order valence-electron chi connectivity index (χ1n) is 8.50. The highest BCUT2D eigenvalue weighted by Gasteiger charge is 2.11. The van der Waals surface area contributed by atoms with Crippen LogP contribution in [0.5, 0.6) is 5.75 Å². The second kappa shape index (κ2) is 8.63. The maximum Gasteiger partial charge on any atom is 0.343 e. The quantitative estimate of drug-likeness (QED) is 0.234. The molecule has 0 aliphatic rings. The van der Waals surface area contributed by atoms with Crippen molar-refractivity contribution in [3.05, 3.63) is 106 Å². The van der Waals surface area contributed by atoms with Crippen LogP contribution < -0.4 is 4.74 Å². The zero-order valence-corrected chi connectivity index (χ0v) is 15.7. The van der Waals surface area contributed by atoms with Crippen molar-refractivity contribution >= 4 is 29.4 Å². The zero-order chi connectivity index (χ0) is 20.1. The number of hydrogen-bond acceptors (Lipinski definition) is 3. The van der Waals surface area contributed by atoms with Crippen molar-refractivity contribution in [1.82, 2.24) is 0 Å². The van der Waals surface area contributed by atoms with Crippen LogP contribution in [0, 0.1) is 12.7 Å². The van der Waals surface area contributed by atoms with Crippen LogP contribution in [0.15, 0.2) is 72.8 Å². The molecule has 0 aliphatic heterocycles. The van der Waals surface area contributed by atoms with Crippen LogP contribution in [0.2, 0.25) is 5.02 Å². The molecule has 5 heteroatoms. The fraction of sp³-hybridized carbons (Fsp3) is 0.0435. The number of ketones is 1. The molecule has 0 bridgehead atoms. The fourth-order valence-corrected chi connectivity index (χ4v) is 2.80. The minimum atomic E-state index is -0.505. The summed E-state index contributed by atoms with van der Waals surface area (Å²) in [6.07, 6.45) is 2.59. The molecule has 0 aliphatic carbocycles. The van der Waals surface area contributed by atoms with E-state index in [2.05, 4.69) is 0 Å². The van der Waals surface area contributed by atoms with E-state index >= 15 is 0 Å². The molecule has 0 atom stereocenters. The van der Waals surface area contributed by atoms with Crippen molar-refractivity contribution in [2.24, 2.45) is 0 Å². The summed E-state index contributed by atoms with van der Waals surface area (Å²) in [7, 11) is 0. The Labute approximate surface area is 167 Å². The van der Waals surface area contributed by atoms with E-state index < -0.39 is 11.8 Å². The van der Waals surface area contributed by atoms with E-state index in [4.69, 9.17) is 16.3 Å². The van der Waals surface area contributed by atoms with Gasteiger partial charge in [0, 0.05) is 11.1 Å². The maximum absolute atomic E-state index is 13.8. The van der Waals surface area contributed by atoms with Crippen molar-refractivity contribution in [2.75, 3.05) is 0 Å². The summed E-state index contributed by atoms with van der Waals surface area (Å²) in [6.45, 7) is 1.83. The first-order chi connectivity index (χ1) is 13.5. The van der Waals surface area contributed by atoms with E-state index in [1.807, 2.05) is 19.1 Å². The molecule has 0 N–H and O–H groups in total. The maximum atomic E-state index is 13.8.